The highest BCUT2D eigenvalue weighted by Crippen LogP contribution is 2.40. The molecule has 1 amide bonds. The maximum absolute atomic E-state index is 12.9. The van der Waals surface area contributed by atoms with Gasteiger partial charge in [0, 0.05) is 32.1 Å². The van der Waals surface area contributed by atoms with E-state index in [4.69, 9.17) is 0 Å². The zero-order valence-corrected chi connectivity index (χ0v) is 13.7. The third kappa shape index (κ3) is 2.56. The zero-order valence-electron chi connectivity index (χ0n) is 13.7. The molecule has 1 N–H and O–H groups in total. The Morgan fingerprint density at radius 1 is 1.30 bits per heavy atom. The summed E-state index contributed by atoms with van der Waals surface area (Å²) in [6.45, 7) is 0. The molecule has 0 spiro atoms. The number of carbonyl (C=O) groups excluding carboxylic acids is 1. The molecule has 23 heavy (non-hydrogen) atoms. The van der Waals surface area contributed by atoms with E-state index in [0.717, 1.165) is 54.9 Å². The number of nitrogens with one attached hydrogen (secondary N) is 1. The summed E-state index contributed by atoms with van der Waals surface area (Å²) in [5.41, 5.74) is 2.98. The van der Waals surface area contributed by atoms with Crippen molar-refractivity contribution in [3.05, 3.63) is 35.2 Å². The number of hydrogen-bond acceptors (Lipinski definition) is 3. The first-order valence-electron chi connectivity index (χ1n) is 8.48. The molecule has 6 heteroatoms. The molecule has 0 unspecified atom stereocenters. The number of rotatable bonds is 4. The number of aryl methyl sites for hydroxylation is 3. The maximum atomic E-state index is 12.9. The van der Waals surface area contributed by atoms with Crippen LogP contribution in [0.25, 0.3) is 0 Å². The largest absolute Gasteiger partial charge is 0.340 e. The number of imidazole rings is 1. The molecule has 4 rings (SSSR count). The van der Waals surface area contributed by atoms with E-state index in [9.17, 15) is 4.79 Å². The van der Waals surface area contributed by atoms with Gasteiger partial charge in [-0.05, 0) is 44.4 Å². The predicted molar refractivity (Wildman–Crippen MR) is 86.0 cm³/mol. The number of carbonyl (C=O) groups is 1. The lowest BCUT2D eigenvalue weighted by molar-refractivity contribution is 0.0918. The van der Waals surface area contributed by atoms with Gasteiger partial charge in [0.05, 0.1) is 11.7 Å². The average Bonchev–Trinajstić information content (AvgIpc) is 3.20. The van der Waals surface area contributed by atoms with Crippen LogP contribution in [0.15, 0.2) is 12.4 Å². The molecule has 0 aliphatic heterocycles. The Hall–Kier alpha value is -2.11. The highest BCUT2D eigenvalue weighted by atomic mass is 16.2. The standard InChI is InChI=1S/C17H23N5O/c1-21-10-9-18-16(21)14(11-7-8-11)19-17(23)15-12-5-3-4-6-13(12)20-22(15)2/h9-11,14H,3-8H2,1-2H3,(H,19,23)/t14-/m0/s1. The predicted octanol–water partition coefficient (Wildman–Crippen LogP) is 1.91. The van der Waals surface area contributed by atoms with Crippen molar-refractivity contribution in [3.8, 4) is 0 Å². The van der Waals surface area contributed by atoms with Crippen LogP contribution in [0, 0.1) is 5.92 Å². The number of aromatic nitrogens is 4. The molecule has 1 atom stereocenters. The van der Waals surface area contributed by atoms with E-state index >= 15 is 0 Å². The highest BCUT2D eigenvalue weighted by molar-refractivity contribution is 5.94. The lowest BCUT2D eigenvalue weighted by Crippen LogP contribution is -2.33. The Morgan fingerprint density at radius 3 is 2.78 bits per heavy atom. The zero-order chi connectivity index (χ0) is 16.0. The summed E-state index contributed by atoms with van der Waals surface area (Å²) in [6, 6.07) is -0.00311. The second-order valence-corrected chi connectivity index (χ2v) is 6.79. The first kappa shape index (κ1) is 14.5. The van der Waals surface area contributed by atoms with Gasteiger partial charge in [-0.2, -0.15) is 5.10 Å². The van der Waals surface area contributed by atoms with Crippen LogP contribution >= 0.6 is 0 Å². The van der Waals surface area contributed by atoms with Crippen LogP contribution < -0.4 is 5.32 Å². The van der Waals surface area contributed by atoms with Crippen molar-refractivity contribution in [2.75, 3.05) is 0 Å². The Bertz CT molecular complexity index is 740. The van der Waals surface area contributed by atoms with Crippen molar-refractivity contribution in [1.29, 1.82) is 0 Å². The number of hydrogen-bond donors (Lipinski definition) is 1. The molecule has 1 saturated carbocycles. The average molecular weight is 313 g/mol. The van der Waals surface area contributed by atoms with Crippen molar-refractivity contribution in [1.82, 2.24) is 24.6 Å². The van der Waals surface area contributed by atoms with Gasteiger partial charge in [-0.15, -0.1) is 0 Å². The molecule has 6 nitrogen and oxygen atoms in total. The van der Waals surface area contributed by atoms with Gasteiger partial charge in [0.15, 0.2) is 0 Å². The second kappa shape index (κ2) is 5.51. The molecule has 2 aromatic heterocycles. The van der Waals surface area contributed by atoms with E-state index in [1.165, 1.54) is 6.42 Å². The molecule has 0 aromatic carbocycles. The topological polar surface area (TPSA) is 64.7 Å². The van der Waals surface area contributed by atoms with E-state index in [-0.39, 0.29) is 11.9 Å². The van der Waals surface area contributed by atoms with Gasteiger partial charge in [-0.25, -0.2) is 4.98 Å². The molecule has 2 aliphatic carbocycles. The molecule has 2 aliphatic rings. The number of amides is 1. The maximum Gasteiger partial charge on any atom is 0.270 e. The Balaban J connectivity index is 1.62. The molecule has 2 aromatic rings. The van der Waals surface area contributed by atoms with Crippen molar-refractivity contribution in [2.45, 2.75) is 44.6 Å². The fraction of sp³-hybridized carbons (Fsp3) is 0.588. The number of nitrogens with zero attached hydrogens (tertiary/aromatic N) is 4. The van der Waals surface area contributed by atoms with Crippen LogP contribution in [0.3, 0.4) is 0 Å². The molecule has 0 radical (unpaired) electrons. The Labute approximate surface area is 135 Å². The van der Waals surface area contributed by atoms with Gasteiger partial charge in [0.1, 0.15) is 11.5 Å². The lowest BCUT2D eigenvalue weighted by Gasteiger charge is -2.19. The van der Waals surface area contributed by atoms with E-state index < -0.39 is 0 Å². The fourth-order valence-electron chi connectivity index (χ4n) is 3.67. The van der Waals surface area contributed by atoms with Crippen LogP contribution in [0.5, 0.6) is 0 Å². The SMILES string of the molecule is Cn1ccnc1[C@@H](NC(=O)c1c2c(nn1C)CCCC2)C1CC1. The van der Waals surface area contributed by atoms with Crippen molar-refractivity contribution >= 4 is 5.91 Å². The van der Waals surface area contributed by atoms with Crippen molar-refractivity contribution in [3.63, 3.8) is 0 Å². The number of fused-ring (bicyclic) bond motifs is 1. The molecule has 0 saturated heterocycles. The monoisotopic (exact) mass is 313 g/mol. The fourth-order valence-corrected chi connectivity index (χ4v) is 3.67. The minimum atomic E-state index is -0.0111. The molecule has 1 fully saturated rings. The summed E-state index contributed by atoms with van der Waals surface area (Å²) in [7, 11) is 3.86. The minimum absolute atomic E-state index is 0.00311. The van der Waals surface area contributed by atoms with Gasteiger partial charge in [0.25, 0.3) is 5.91 Å². The van der Waals surface area contributed by atoms with Crippen LogP contribution in [0.4, 0.5) is 0 Å². The molecule has 122 valence electrons. The van der Waals surface area contributed by atoms with Crippen molar-refractivity contribution in [2.24, 2.45) is 20.0 Å². The molecular weight excluding hydrogens is 290 g/mol. The third-order valence-corrected chi connectivity index (χ3v) is 5.05. The summed E-state index contributed by atoms with van der Waals surface area (Å²) < 4.78 is 3.76. The lowest BCUT2D eigenvalue weighted by atomic mass is 9.95. The summed E-state index contributed by atoms with van der Waals surface area (Å²) >= 11 is 0. The summed E-state index contributed by atoms with van der Waals surface area (Å²) in [4.78, 5) is 17.4. The summed E-state index contributed by atoms with van der Waals surface area (Å²) in [5.74, 6) is 1.43. The molecular formula is C17H23N5O. The smallest absolute Gasteiger partial charge is 0.270 e. The Morgan fingerprint density at radius 2 is 2.09 bits per heavy atom. The van der Waals surface area contributed by atoms with E-state index in [2.05, 4.69) is 15.4 Å². The molecule has 2 heterocycles. The van der Waals surface area contributed by atoms with Gasteiger partial charge >= 0.3 is 0 Å². The van der Waals surface area contributed by atoms with Crippen LogP contribution in [-0.2, 0) is 26.9 Å². The van der Waals surface area contributed by atoms with E-state index in [1.807, 2.05) is 24.9 Å². The Kier molecular flexibility index (Phi) is 3.47. The van der Waals surface area contributed by atoms with Crippen LogP contribution in [-0.4, -0.2) is 25.2 Å². The van der Waals surface area contributed by atoms with Crippen LogP contribution in [0.2, 0.25) is 0 Å². The first-order valence-corrected chi connectivity index (χ1v) is 8.48. The molecule has 0 bridgehead atoms. The van der Waals surface area contributed by atoms with Crippen molar-refractivity contribution < 1.29 is 4.79 Å². The van der Waals surface area contributed by atoms with Crippen LogP contribution in [0.1, 0.15) is 59.3 Å². The van der Waals surface area contributed by atoms with Gasteiger partial charge in [0.2, 0.25) is 0 Å². The second-order valence-electron chi connectivity index (χ2n) is 6.79. The van der Waals surface area contributed by atoms with Gasteiger partial charge in [-0.1, -0.05) is 0 Å². The summed E-state index contributed by atoms with van der Waals surface area (Å²) in [5, 5.41) is 7.79. The minimum Gasteiger partial charge on any atom is -0.340 e. The third-order valence-electron chi connectivity index (χ3n) is 5.05. The highest BCUT2D eigenvalue weighted by Gasteiger charge is 2.37. The van der Waals surface area contributed by atoms with E-state index in [0.29, 0.717) is 5.92 Å². The van der Waals surface area contributed by atoms with E-state index in [1.54, 1.807) is 10.9 Å². The normalized spacial score (nSPS) is 18.5. The summed E-state index contributed by atoms with van der Waals surface area (Å²) in [6.07, 6.45) is 10.3. The first-order chi connectivity index (χ1) is 11.1. The van der Waals surface area contributed by atoms with Gasteiger partial charge < -0.3 is 9.88 Å². The quantitative estimate of drug-likeness (QED) is 0.938. The van der Waals surface area contributed by atoms with Gasteiger partial charge in [-0.3, -0.25) is 9.48 Å².